The van der Waals surface area contributed by atoms with Crippen molar-refractivity contribution >= 4 is 65.3 Å². The number of benzene rings is 9. The highest BCUT2D eigenvalue weighted by molar-refractivity contribution is 6.20. The van der Waals surface area contributed by atoms with Gasteiger partial charge in [-0.3, -0.25) is 0 Å². The van der Waals surface area contributed by atoms with E-state index in [0.717, 1.165) is 15.7 Å². The number of hydrogen-bond donors (Lipinski definition) is 0. The minimum atomic E-state index is -0.746. The fourth-order valence-electron chi connectivity index (χ4n) is 7.67. The Morgan fingerprint density at radius 1 is 0.431 bits per heavy atom. The van der Waals surface area contributed by atoms with Crippen LogP contribution in [0.3, 0.4) is 0 Å². The van der Waals surface area contributed by atoms with Crippen LogP contribution < -0.4 is 0 Å². The van der Waals surface area contributed by atoms with Crippen molar-refractivity contribution in [2.45, 2.75) is 0 Å². The van der Waals surface area contributed by atoms with Gasteiger partial charge in [-0.15, -0.1) is 0 Å². The first-order chi connectivity index (χ1) is 35.4. The van der Waals surface area contributed by atoms with E-state index in [1.54, 1.807) is 30.3 Å². The number of aromatic nitrogens is 4. The Morgan fingerprint density at radius 2 is 1.02 bits per heavy atom. The Labute approximate surface area is 355 Å². The average molecular weight is 757 g/mol. The van der Waals surface area contributed by atoms with Crippen LogP contribution in [0.15, 0.2) is 198 Å². The van der Waals surface area contributed by atoms with E-state index in [1.807, 2.05) is 66.7 Å². The van der Waals surface area contributed by atoms with Crippen molar-refractivity contribution in [1.29, 1.82) is 0 Å². The van der Waals surface area contributed by atoms with Crippen LogP contribution in [0.5, 0.6) is 0 Å². The van der Waals surface area contributed by atoms with Crippen molar-refractivity contribution in [1.82, 2.24) is 19.5 Å². The third-order valence-corrected chi connectivity index (χ3v) is 10.2. The first-order valence-electron chi connectivity index (χ1n) is 26.2. The summed E-state index contributed by atoms with van der Waals surface area (Å²) in [5.41, 5.74) is 0.409. The van der Waals surface area contributed by atoms with E-state index >= 15 is 0 Å². The molecule has 0 aliphatic carbocycles. The molecule has 270 valence electrons. The Balaban J connectivity index is 1.24. The van der Waals surface area contributed by atoms with Crippen molar-refractivity contribution in [2.24, 2.45) is 0 Å². The van der Waals surface area contributed by atoms with Gasteiger partial charge in [-0.1, -0.05) is 157 Å². The number of para-hydroxylation sites is 2. The molecule has 0 unspecified atom stereocenters. The molecular formula is C53H32N4O. The van der Waals surface area contributed by atoms with Gasteiger partial charge >= 0.3 is 0 Å². The van der Waals surface area contributed by atoms with Crippen molar-refractivity contribution in [3.05, 3.63) is 194 Å². The molecule has 0 aliphatic heterocycles. The lowest BCUT2D eigenvalue weighted by atomic mass is 9.92. The SMILES string of the molecule is [2H]c1c([2H])c([2H])c2c(oc3c(-n4c5c([2H])c([2H])c([2H])c([2H])c5c5c([2H])c6c([2H])c([2H])c([2H])c([2H])c6c([2H])c54)c([2H])c([2H])c(-c4ccc(-c5nc(-c6ccccc6)nc(-c6ccccc6)n5)c5ccccc45)c32)c1[2H]. The lowest BCUT2D eigenvalue weighted by Crippen LogP contribution is -2.00. The highest BCUT2D eigenvalue weighted by Crippen LogP contribution is 2.45. The molecular weight excluding hydrogens is 709 g/mol. The normalized spacial score (nSPS) is 15.7. The van der Waals surface area contributed by atoms with Gasteiger partial charge in [0.25, 0.3) is 0 Å². The average Bonchev–Trinajstić information content (AvgIpc) is 4.00. The molecule has 0 saturated heterocycles. The first-order valence-corrected chi connectivity index (χ1v) is 18.2. The molecule has 0 aliphatic rings. The summed E-state index contributed by atoms with van der Waals surface area (Å²) in [5.74, 6) is 1.12. The number of hydrogen-bond acceptors (Lipinski definition) is 4. The van der Waals surface area contributed by atoms with E-state index in [0.29, 0.717) is 39.4 Å². The third kappa shape index (κ3) is 5.00. The van der Waals surface area contributed by atoms with Crippen molar-refractivity contribution in [3.63, 3.8) is 0 Å². The first kappa shape index (κ1) is 20.3. The van der Waals surface area contributed by atoms with Gasteiger partial charge in [-0.25, -0.2) is 15.0 Å². The molecule has 0 spiro atoms. The summed E-state index contributed by atoms with van der Waals surface area (Å²) in [6.45, 7) is 0. The molecule has 12 aromatic rings. The molecule has 0 fully saturated rings. The molecule has 0 N–H and O–H groups in total. The molecule has 5 nitrogen and oxygen atoms in total. The highest BCUT2D eigenvalue weighted by Gasteiger charge is 2.23. The molecule has 12 rings (SSSR count). The fourth-order valence-corrected chi connectivity index (χ4v) is 7.67. The summed E-state index contributed by atoms with van der Waals surface area (Å²) < 4.78 is 154. The molecule has 9 aromatic carbocycles. The van der Waals surface area contributed by atoms with Gasteiger partial charge in [0, 0.05) is 38.2 Å². The van der Waals surface area contributed by atoms with E-state index in [2.05, 4.69) is 0 Å². The largest absolute Gasteiger partial charge is 0.454 e. The van der Waals surface area contributed by atoms with Crippen LogP contribution in [0.1, 0.15) is 21.9 Å². The van der Waals surface area contributed by atoms with Crippen molar-refractivity contribution in [2.75, 3.05) is 0 Å². The molecule has 5 heteroatoms. The van der Waals surface area contributed by atoms with Crippen molar-refractivity contribution in [3.8, 4) is 51.0 Å². The quantitative estimate of drug-likeness (QED) is 0.175. The van der Waals surface area contributed by atoms with Crippen LogP contribution >= 0.6 is 0 Å². The zero-order valence-electron chi connectivity index (χ0n) is 45.9. The van der Waals surface area contributed by atoms with E-state index in [9.17, 15) is 9.60 Å². The summed E-state index contributed by atoms with van der Waals surface area (Å²) in [7, 11) is 0. The molecule has 0 saturated carbocycles. The summed E-state index contributed by atoms with van der Waals surface area (Å²) in [4.78, 5) is 14.8. The monoisotopic (exact) mass is 756 g/mol. The number of furan rings is 1. The third-order valence-electron chi connectivity index (χ3n) is 10.2. The Bertz CT molecular complexity index is 4450. The van der Waals surface area contributed by atoms with Gasteiger partial charge < -0.3 is 8.98 Å². The summed E-state index contributed by atoms with van der Waals surface area (Å²) in [6, 6.07) is 19.0. The van der Waals surface area contributed by atoms with E-state index in [1.165, 1.54) is 0 Å². The van der Waals surface area contributed by atoms with Gasteiger partial charge in [0.05, 0.1) is 38.7 Å². The van der Waals surface area contributed by atoms with Crippen LogP contribution in [0.2, 0.25) is 0 Å². The van der Waals surface area contributed by atoms with Crippen LogP contribution in [-0.4, -0.2) is 19.5 Å². The zero-order valence-corrected chi connectivity index (χ0v) is 29.9. The van der Waals surface area contributed by atoms with E-state index in [4.69, 9.17) is 31.7 Å². The molecule has 58 heavy (non-hydrogen) atoms. The second-order valence-corrected chi connectivity index (χ2v) is 13.5. The van der Waals surface area contributed by atoms with E-state index in [-0.39, 0.29) is 49.2 Å². The number of rotatable bonds is 5. The molecule has 0 amide bonds. The fraction of sp³-hybridized carbons (Fsp3) is 0. The minimum Gasteiger partial charge on any atom is -0.454 e. The zero-order chi connectivity index (χ0) is 52.1. The van der Waals surface area contributed by atoms with Gasteiger partial charge in [0.1, 0.15) is 5.58 Å². The van der Waals surface area contributed by atoms with Gasteiger partial charge in [0.2, 0.25) is 0 Å². The summed E-state index contributed by atoms with van der Waals surface area (Å²) in [6.07, 6.45) is 0. The van der Waals surface area contributed by atoms with Crippen molar-refractivity contribution < 1.29 is 26.3 Å². The Morgan fingerprint density at radius 3 is 1.76 bits per heavy atom. The summed E-state index contributed by atoms with van der Waals surface area (Å²) >= 11 is 0. The Hall–Kier alpha value is -7.89. The molecule has 0 bridgehead atoms. The van der Waals surface area contributed by atoms with E-state index < -0.39 is 113 Å². The van der Waals surface area contributed by atoms with Gasteiger partial charge in [0.15, 0.2) is 23.1 Å². The smallest absolute Gasteiger partial charge is 0.164 e. The topological polar surface area (TPSA) is 56.7 Å². The van der Waals surface area contributed by atoms with Crippen LogP contribution in [-0.2, 0) is 0 Å². The Kier molecular flexibility index (Phi) is 4.50. The standard InChI is InChI=1S/C53H32N4O/c1-3-15-33(16-4-1)51-54-52(34-17-5-2-6-18-34)56-53(55-51)42-28-27-39(37-21-9-10-22-38(37)42)41-29-30-46(50-49(41)43-24-12-14-26-48(43)58-50)57-45-25-13-11-23-40(45)44-31-35-19-7-8-20-36(35)32-47(44)57/h1-32H/i7D,8D,11D,12D,13D,14D,19D,20D,23D,24D,25D,26D,29D,30D,31D,32D. The lowest BCUT2D eigenvalue weighted by molar-refractivity contribution is 0.666. The number of nitrogens with zero attached hydrogens (tertiary/aromatic N) is 4. The molecule has 0 atom stereocenters. The maximum atomic E-state index is 10.1. The molecule has 0 radical (unpaired) electrons. The van der Waals surface area contributed by atoms with Gasteiger partial charge in [-0.2, -0.15) is 0 Å². The van der Waals surface area contributed by atoms with Crippen LogP contribution in [0.25, 0.3) is 116 Å². The molecule has 3 heterocycles. The maximum Gasteiger partial charge on any atom is 0.164 e. The second-order valence-electron chi connectivity index (χ2n) is 13.5. The number of fused-ring (bicyclic) bond motifs is 8. The predicted molar refractivity (Wildman–Crippen MR) is 238 cm³/mol. The van der Waals surface area contributed by atoms with Crippen LogP contribution in [0, 0.1) is 0 Å². The lowest BCUT2D eigenvalue weighted by Gasteiger charge is -2.15. The maximum absolute atomic E-state index is 10.1. The predicted octanol–water partition coefficient (Wildman–Crippen LogP) is 13.8. The van der Waals surface area contributed by atoms with Crippen LogP contribution in [0.4, 0.5) is 0 Å². The minimum absolute atomic E-state index is 0.0135. The van der Waals surface area contributed by atoms with Gasteiger partial charge in [-0.05, 0) is 69.0 Å². The highest BCUT2D eigenvalue weighted by atomic mass is 16.3. The summed E-state index contributed by atoms with van der Waals surface area (Å²) in [5, 5.41) is -0.630. The molecule has 3 aromatic heterocycles. The second kappa shape index (κ2) is 12.8.